The van der Waals surface area contributed by atoms with Crippen molar-refractivity contribution in [2.24, 2.45) is 0 Å². The standard InChI is InChI=1S/C37H38N4O5/c42-24-25-10-12-26(13-11-25)34-22-31(23-40-20-18-30(19-21-40)41-33-9-5-4-8-32(33)39-37(41)44)45-36(46-34)28-14-16-29(17-15-28)38-35(43)27-6-2-1-3-7-27/h1-17,30-31,34,36,42H,18-24H2,(H,38,43)(H,39,44)/t31-,34+,36+/m0/s1. The van der Waals surface area contributed by atoms with Crippen molar-refractivity contribution in [2.45, 2.75) is 50.4 Å². The number of amides is 1. The molecule has 1 aromatic heterocycles. The van der Waals surface area contributed by atoms with Crippen molar-refractivity contribution in [3.63, 3.8) is 0 Å². The van der Waals surface area contributed by atoms with Crippen LogP contribution in [0.3, 0.4) is 0 Å². The number of piperidine rings is 1. The fourth-order valence-electron chi connectivity index (χ4n) is 6.63. The summed E-state index contributed by atoms with van der Waals surface area (Å²) in [5.74, 6) is -0.164. The second-order valence-electron chi connectivity index (χ2n) is 12.1. The van der Waals surface area contributed by atoms with Crippen LogP contribution in [0.1, 0.15) is 64.7 Å². The molecule has 7 rings (SSSR count). The number of hydrogen-bond donors (Lipinski definition) is 3. The van der Waals surface area contributed by atoms with Crippen LogP contribution in [0.2, 0.25) is 0 Å². The number of aromatic amines is 1. The van der Waals surface area contributed by atoms with Gasteiger partial charge in [0, 0.05) is 48.9 Å². The van der Waals surface area contributed by atoms with E-state index in [2.05, 4.69) is 15.2 Å². The minimum atomic E-state index is -0.581. The van der Waals surface area contributed by atoms with Crippen LogP contribution in [0.25, 0.3) is 11.0 Å². The highest BCUT2D eigenvalue weighted by Gasteiger charge is 2.34. The van der Waals surface area contributed by atoms with Crippen molar-refractivity contribution in [1.29, 1.82) is 0 Å². The van der Waals surface area contributed by atoms with Crippen molar-refractivity contribution >= 4 is 22.6 Å². The smallest absolute Gasteiger partial charge is 0.326 e. The van der Waals surface area contributed by atoms with E-state index in [-0.39, 0.29) is 36.5 Å². The number of ether oxygens (including phenoxy) is 2. The first-order valence-electron chi connectivity index (χ1n) is 15.9. The molecule has 4 aromatic carbocycles. The molecule has 0 saturated carbocycles. The van der Waals surface area contributed by atoms with Crippen molar-refractivity contribution in [3.8, 4) is 0 Å². The number of carbonyl (C=O) groups is 1. The first-order valence-corrected chi connectivity index (χ1v) is 15.9. The maximum absolute atomic E-state index is 12.8. The van der Waals surface area contributed by atoms with Gasteiger partial charge in [0.15, 0.2) is 6.29 Å². The number of nitrogens with zero attached hydrogens (tertiary/aromatic N) is 2. The van der Waals surface area contributed by atoms with E-state index < -0.39 is 6.29 Å². The lowest BCUT2D eigenvalue weighted by molar-refractivity contribution is -0.253. The summed E-state index contributed by atoms with van der Waals surface area (Å²) < 4.78 is 15.0. The number of aliphatic hydroxyl groups excluding tert-OH is 1. The second-order valence-corrected chi connectivity index (χ2v) is 12.1. The lowest BCUT2D eigenvalue weighted by atomic mass is 9.98. The van der Waals surface area contributed by atoms with Gasteiger partial charge in [-0.05, 0) is 60.4 Å². The normalized spacial score (nSPS) is 20.9. The zero-order valence-corrected chi connectivity index (χ0v) is 25.5. The van der Waals surface area contributed by atoms with Gasteiger partial charge in [-0.25, -0.2) is 4.79 Å². The summed E-state index contributed by atoms with van der Waals surface area (Å²) in [7, 11) is 0. The summed E-state index contributed by atoms with van der Waals surface area (Å²) in [5, 5.41) is 12.5. The van der Waals surface area contributed by atoms with E-state index in [4.69, 9.17) is 9.47 Å². The van der Waals surface area contributed by atoms with Gasteiger partial charge in [-0.15, -0.1) is 0 Å². The van der Waals surface area contributed by atoms with Gasteiger partial charge in [0.1, 0.15) is 0 Å². The fraction of sp³-hybridized carbons (Fsp3) is 0.297. The molecule has 2 saturated heterocycles. The van der Waals surface area contributed by atoms with E-state index in [1.807, 2.05) is 95.6 Å². The molecular formula is C37H38N4O5. The predicted octanol–water partition coefficient (Wildman–Crippen LogP) is 5.96. The Morgan fingerprint density at radius 3 is 2.28 bits per heavy atom. The van der Waals surface area contributed by atoms with Gasteiger partial charge < -0.3 is 29.8 Å². The summed E-state index contributed by atoms with van der Waals surface area (Å²) in [6.45, 7) is 2.49. The molecule has 2 fully saturated rings. The van der Waals surface area contributed by atoms with Crippen LogP contribution in [0.15, 0.2) is 108 Å². The van der Waals surface area contributed by atoms with Crippen molar-refractivity contribution in [1.82, 2.24) is 14.5 Å². The highest BCUT2D eigenvalue weighted by Crippen LogP contribution is 2.39. The SMILES string of the molecule is O=C(Nc1ccc([C@@H]2O[C@H](CN3CCC(n4c(=O)[nH]c5ccccc54)CC3)C[C@H](c3ccc(CO)cc3)O2)cc1)c1ccccc1. The molecule has 1 amide bonds. The number of para-hydroxylation sites is 2. The second kappa shape index (κ2) is 13.4. The zero-order valence-electron chi connectivity index (χ0n) is 25.5. The molecule has 9 heteroatoms. The summed E-state index contributed by atoms with van der Waals surface area (Å²) in [6.07, 6.45) is 1.62. The maximum Gasteiger partial charge on any atom is 0.326 e. The van der Waals surface area contributed by atoms with E-state index >= 15 is 0 Å². The van der Waals surface area contributed by atoms with Crippen LogP contribution in [-0.4, -0.2) is 51.2 Å². The van der Waals surface area contributed by atoms with Crippen LogP contribution in [0, 0.1) is 0 Å². The van der Waals surface area contributed by atoms with Crippen LogP contribution in [-0.2, 0) is 16.1 Å². The molecule has 0 bridgehead atoms. The Morgan fingerprint density at radius 1 is 0.848 bits per heavy atom. The molecule has 3 N–H and O–H groups in total. The predicted molar refractivity (Wildman–Crippen MR) is 177 cm³/mol. The van der Waals surface area contributed by atoms with E-state index in [1.54, 1.807) is 12.1 Å². The zero-order chi connectivity index (χ0) is 31.5. The highest BCUT2D eigenvalue weighted by atomic mass is 16.7. The number of aliphatic hydroxyl groups is 1. The number of H-pyrrole nitrogens is 1. The molecule has 2 aliphatic rings. The quantitative estimate of drug-likeness (QED) is 0.198. The third kappa shape index (κ3) is 6.54. The van der Waals surface area contributed by atoms with Gasteiger partial charge in [0.05, 0.1) is 29.8 Å². The molecule has 0 aliphatic carbocycles. The molecule has 0 radical (unpaired) electrons. The van der Waals surface area contributed by atoms with Gasteiger partial charge in [0.25, 0.3) is 5.91 Å². The number of carbonyl (C=O) groups excluding carboxylic acids is 1. The van der Waals surface area contributed by atoms with Crippen LogP contribution in [0.4, 0.5) is 5.69 Å². The Morgan fingerprint density at radius 2 is 1.54 bits per heavy atom. The lowest BCUT2D eigenvalue weighted by Gasteiger charge is -2.40. The Balaban J connectivity index is 1.04. The molecule has 0 spiro atoms. The van der Waals surface area contributed by atoms with Crippen LogP contribution in [0.5, 0.6) is 0 Å². The summed E-state index contributed by atoms with van der Waals surface area (Å²) in [6, 6.07) is 32.7. The number of anilines is 1. The summed E-state index contributed by atoms with van der Waals surface area (Å²) >= 11 is 0. The molecule has 3 heterocycles. The number of rotatable bonds is 8. The number of likely N-dealkylation sites (tertiary alicyclic amines) is 1. The number of fused-ring (bicyclic) bond motifs is 1. The summed E-state index contributed by atoms with van der Waals surface area (Å²) in [5.41, 5.74) is 5.85. The van der Waals surface area contributed by atoms with E-state index in [9.17, 15) is 14.7 Å². The number of hydrogen-bond acceptors (Lipinski definition) is 6. The number of imidazole rings is 1. The first-order chi connectivity index (χ1) is 22.5. The maximum atomic E-state index is 12.8. The molecular weight excluding hydrogens is 580 g/mol. The van der Waals surface area contributed by atoms with Gasteiger partial charge in [-0.2, -0.15) is 0 Å². The Kier molecular flexibility index (Phi) is 8.81. The lowest BCUT2D eigenvalue weighted by Crippen LogP contribution is -2.43. The van der Waals surface area contributed by atoms with Crippen LogP contribution < -0.4 is 11.0 Å². The number of aromatic nitrogens is 2. The molecule has 236 valence electrons. The third-order valence-electron chi connectivity index (χ3n) is 9.10. The van der Waals surface area contributed by atoms with Crippen molar-refractivity contribution in [2.75, 3.05) is 25.0 Å². The van der Waals surface area contributed by atoms with Gasteiger partial charge in [-0.3, -0.25) is 9.36 Å². The summed E-state index contributed by atoms with van der Waals surface area (Å²) in [4.78, 5) is 30.8. The first kappa shape index (κ1) is 30.1. The van der Waals surface area contributed by atoms with Crippen LogP contribution >= 0.6 is 0 Å². The average Bonchev–Trinajstić information content (AvgIpc) is 3.44. The minimum Gasteiger partial charge on any atom is -0.392 e. The Labute approximate surface area is 267 Å². The molecule has 9 nitrogen and oxygen atoms in total. The molecule has 2 aliphatic heterocycles. The number of nitrogens with one attached hydrogen (secondary N) is 2. The molecule has 0 unspecified atom stereocenters. The fourth-order valence-corrected chi connectivity index (χ4v) is 6.63. The van der Waals surface area contributed by atoms with Gasteiger partial charge >= 0.3 is 5.69 Å². The van der Waals surface area contributed by atoms with E-state index in [0.29, 0.717) is 17.7 Å². The molecule has 46 heavy (non-hydrogen) atoms. The van der Waals surface area contributed by atoms with Gasteiger partial charge in [0.2, 0.25) is 0 Å². The van der Waals surface area contributed by atoms with E-state index in [0.717, 1.165) is 60.2 Å². The van der Waals surface area contributed by atoms with E-state index in [1.165, 1.54) is 0 Å². The minimum absolute atomic E-state index is 0.00600. The number of benzene rings is 4. The van der Waals surface area contributed by atoms with Crippen molar-refractivity contribution in [3.05, 3.63) is 136 Å². The highest BCUT2D eigenvalue weighted by molar-refractivity contribution is 6.04. The Bertz CT molecular complexity index is 1830. The Hall–Kier alpha value is -4.54. The topological polar surface area (TPSA) is 109 Å². The largest absolute Gasteiger partial charge is 0.392 e. The van der Waals surface area contributed by atoms with Crippen molar-refractivity contribution < 1.29 is 19.4 Å². The monoisotopic (exact) mass is 618 g/mol. The third-order valence-corrected chi connectivity index (χ3v) is 9.10. The molecule has 3 atom stereocenters. The molecule has 5 aromatic rings. The average molecular weight is 619 g/mol. The van der Waals surface area contributed by atoms with Gasteiger partial charge in [-0.1, -0.05) is 66.7 Å².